The second kappa shape index (κ2) is 4.29. The number of ketones is 1. The summed E-state index contributed by atoms with van der Waals surface area (Å²) < 4.78 is 0. The van der Waals surface area contributed by atoms with E-state index in [1.54, 1.807) is 12.1 Å². The molecule has 1 aromatic carbocycles. The largest absolute Gasteiger partial charge is 0.511 e. The highest BCUT2D eigenvalue weighted by atomic mass is 16.3. The molecule has 0 aliphatic heterocycles. The topological polar surface area (TPSA) is 110 Å². The van der Waals surface area contributed by atoms with Gasteiger partial charge in [-0.3, -0.25) is 4.79 Å². The number of phenolic OH excluding ortho intramolecular Hbond substituents is 1. The van der Waals surface area contributed by atoms with Crippen LogP contribution in [0.25, 0.3) is 0 Å². The van der Waals surface area contributed by atoms with Crippen LogP contribution in [0.1, 0.15) is 10.4 Å². The average Bonchev–Trinajstić information content (AvgIpc) is 2.27. The Morgan fingerprint density at radius 3 is 2.50 bits per heavy atom. The summed E-state index contributed by atoms with van der Waals surface area (Å²) in [5.41, 5.74) is 10.1. The molecule has 1 aliphatic carbocycles. The van der Waals surface area contributed by atoms with Crippen molar-refractivity contribution < 1.29 is 15.0 Å². The molecule has 5 nitrogen and oxygen atoms in total. The number of Topliss-reactive ketones (excluding diaryl/α,β-unsaturated/α-hetero) is 1. The first-order valence-corrected chi connectivity index (χ1v) is 5.42. The van der Waals surface area contributed by atoms with Crippen LogP contribution >= 0.6 is 0 Å². The van der Waals surface area contributed by atoms with Crippen molar-refractivity contribution in [3.63, 3.8) is 0 Å². The lowest BCUT2D eigenvalue weighted by Gasteiger charge is -2.24. The summed E-state index contributed by atoms with van der Waals surface area (Å²) in [5.74, 6) is -1.61. The Labute approximate surface area is 104 Å². The molecule has 2 rings (SSSR count). The molecule has 0 heterocycles. The third kappa shape index (κ3) is 2.27. The second-order valence-electron chi connectivity index (χ2n) is 4.29. The Kier molecular flexibility index (Phi) is 2.94. The van der Waals surface area contributed by atoms with Crippen molar-refractivity contribution in [1.29, 1.82) is 0 Å². The number of aliphatic hydroxyl groups excluding tert-OH is 1. The van der Waals surface area contributed by atoms with Gasteiger partial charge in [0.1, 0.15) is 17.2 Å². The maximum Gasteiger partial charge on any atom is 0.180 e. The van der Waals surface area contributed by atoms with Gasteiger partial charge in [0.25, 0.3) is 0 Å². The SMILES string of the molecule is NC1(N)C=CC(C(=O)c2ccccc2O)C(O)=C1. The maximum absolute atomic E-state index is 12.1. The van der Waals surface area contributed by atoms with Crippen LogP contribution in [0, 0.1) is 5.92 Å². The minimum absolute atomic E-state index is 0.124. The molecular weight excluding hydrogens is 232 g/mol. The number of aliphatic hydroxyl groups is 1. The van der Waals surface area contributed by atoms with Crippen LogP contribution < -0.4 is 11.5 Å². The van der Waals surface area contributed by atoms with Gasteiger partial charge in [-0.1, -0.05) is 18.2 Å². The molecule has 1 aliphatic rings. The Morgan fingerprint density at radius 2 is 1.89 bits per heavy atom. The third-order valence-electron chi connectivity index (χ3n) is 2.75. The van der Waals surface area contributed by atoms with E-state index in [0.29, 0.717) is 0 Å². The van der Waals surface area contributed by atoms with E-state index in [0.717, 1.165) is 0 Å². The number of hydrogen-bond donors (Lipinski definition) is 4. The lowest BCUT2D eigenvalue weighted by Crippen LogP contribution is -2.47. The molecule has 5 heteroatoms. The van der Waals surface area contributed by atoms with E-state index in [1.807, 2.05) is 0 Å². The molecule has 0 saturated carbocycles. The lowest BCUT2D eigenvalue weighted by atomic mass is 9.89. The van der Waals surface area contributed by atoms with Gasteiger partial charge >= 0.3 is 0 Å². The molecule has 18 heavy (non-hydrogen) atoms. The van der Waals surface area contributed by atoms with Gasteiger partial charge in [-0.05, 0) is 24.3 Å². The van der Waals surface area contributed by atoms with Crippen LogP contribution in [0.15, 0.2) is 48.3 Å². The van der Waals surface area contributed by atoms with Gasteiger partial charge in [-0.15, -0.1) is 0 Å². The molecule has 6 N–H and O–H groups in total. The molecule has 0 fully saturated rings. The van der Waals surface area contributed by atoms with Crippen molar-refractivity contribution >= 4 is 5.78 Å². The van der Waals surface area contributed by atoms with Crippen molar-refractivity contribution in [1.82, 2.24) is 0 Å². The van der Waals surface area contributed by atoms with E-state index in [2.05, 4.69) is 0 Å². The number of nitrogens with two attached hydrogens (primary N) is 2. The number of carbonyl (C=O) groups excluding carboxylic acids is 1. The molecule has 0 amide bonds. The summed E-state index contributed by atoms with van der Waals surface area (Å²) in [4.78, 5) is 12.1. The second-order valence-corrected chi connectivity index (χ2v) is 4.29. The van der Waals surface area contributed by atoms with Gasteiger partial charge < -0.3 is 21.7 Å². The van der Waals surface area contributed by atoms with E-state index in [-0.39, 0.29) is 17.1 Å². The standard InChI is InChI=1S/C13H14N2O3/c14-13(15)6-5-9(11(17)7-13)12(18)8-3-1-2-4-10(8)16/h1-7,9,16-17H,14-15H2. The lowest BCUT2D eigenvalue weighted by molar-refractivity contribution is 0.0935. The fourth-order valence-corrected chi connectivity index (χ4v) is 1.83. The van der Waals surface area contributed by atoms with Crippen molar-refractivity contribution in [3.8, 4) is 5.75 Å². The number of allylic oxidation sites excluding steroid dienone is 1. The molecule has 0 aromatic heterocycles. The van der Waals surface area contributed by atoms with E-state index in [4.69, 9.17) is 11.5 Å². The van der Waals surface area contributed by atoms with E-state index in [1.165, 1.54) is 30.4 Å². The van der Waals surface area contributed by atoms with Gasteiger partial charge in [0, 0.05) is 0 Å². The number of hydrogen-bond acceptors (Lipinski definition) is 5. The molecule has 0 radical (unpaired) electrons. The van der Waals surface area contributed by atoms with Crippen molar-refractivity contribution in [2.45, 2.75) is 5.66 Å². The van der Waals surface area contributed by atoms with Crippen LogP contribution in [0.4, 0.5) is 0 Å². The number of carbonyl (C=O) groups is 1. The zero-order valence-corrected chi connectivity index (χ0v) is 9.58. The first kappa shape index (κ1) is 12.3. The number of phenols is 1. The van der Waals surface area contributed by atoms with Gasteiger partial charge in [0.2, 0.25) is 0 Å². The monoisotopic (exact) mass is 246 g/mol. The maximum atomic E-state index is 12.1. The minimum Gasteiger partial charge on any atom is -0.511 e. The smallest absolute Gasteiger partial charge is 0.180 e. The van der Waals surface area contributed by atoms with Crippen LogP contribution in [0.3, 0.4) is 0 Å². The Balaban J connectivity index is 2.33. The zero-order chi connectivity index (χ0) is 13.3. The molecule has 0 saturated heterocycles. The van der Waals surface area contributed by atoms with E-state index in [9.17, 15) is 15.0 Å². The normalized spacial score (nSPS) is 21.4. The summed E-state index contributed by atoms with van der Waals surface area (Å²) >= 11 is 0. The summed E-state index contributed by atoms with van der Waals surface area (Å²) in [7, 11) is 0. The molecule has 1 unspecified atom stereocenters. The summed E-state index contributed by atoms with van der Waals surface area (Å²) in [6, 6.07) is 6.15. The highest BCUT2D eigenvalue weighted by Crippen LogP contribution is 2.26. The quantitative estimate of drug-likeness (QED) is 0.351. The van der Waals surface area contributed by atoms with Gasteiger partial charge in [0.05, 0.1) is 11.5 Å². The van der Waals surface area contributed by atoms with Crippen molar-refractivity contribution in [3.05, 3.63) is 53.8 Å². The molecule has 1 atom stereocenters. The molecular formula is C13H14N2O3. The highest BCUT2D eigenvalue weighted by Gasteiger charge is 2.29. The highest BCUT2D eigenvalue weighted by molar-refractivity contribution is 6.02. The van der Waals surface area contributed by atoms with Gasteiger partial charge in [-0.25, -0.2) is 0 Å². The predicted octanol–water partition coefficient (Wildman–Crippen LogP) is 0.816. The number of rotatable bonds is 2. The Bertz CT molecular complexity index is 547. The first-order valence-electron chi connectivity index (χ1n) is 5.42. The predicted molar refractivity (Wildman–Crippen MR) is 66.9 cm³/mol. The number of para-hydroxylation sites is 1. The number of benzene rings is 1. The average molecular weight is 246 g/mol. The Morgan fingerprint density at radius 1 is 1.22 bits per heavy atom. The van der Waals surface area contributed by atoms with Crippen LogP contribution in [0.5, 0.6) is 5.75 Å². The first-order chi connectivity index (χ1) is 8.41. The van der Waals surface area contributed by atoms with Crippen LogP contribution in [-0.4, -0.2) is 21.7 Å². The van der Waals surface area contributed by atoms with E-state index >= 15 is 0 Å². The molecule has 1 aromatic rings. The number of aromatic hydroxyl groups is 1. The van der Waals surface area contributed by atoms with Crippen LogP contribution in [-0.2, 0) is 0 Å². The van der Waals surface area contributed by atoms with Gasteiger partial charge in [-0.2, -0.15) is 0 Å². The molecule has 94 valence electrons. The third-order valence-corrected chi connectivity index (χ3v) is 2.75. The van der Waals surface area contributed by atoms with Crippen molar-refractivity contribution in [2.75, 3.05) is 0 Å². The van der Waals surface area contributed by atoms with Gasteiger partial charge in [0.15, 0.2) is 5.78 Å². The summed E-state index contributed by atoms with van der Waals surface area (Å²) in [6.07, 6.45) is 4.09. The summed E-state index contributed by atoms with van der Waals surface area (Å²) in [5, 5.41) is 19.4. The zero-order valence-electron chi connectivity index (χ0n) is 9.58. The summed E-state index contributed by atoms with van der Waals surface area (Å²) in [6.45, 7) is 0. The van der Waals surface area contributed by atoms with Crippen molar-refractivity contribution in [2.24, 2.45) is 17.4 Å². The Hall–Kier alpha value is -2.11. The molecule has 0 spiro atoms. The fraction of sp³-hybridized carbons (Fsp3) is 0.154. The minimum atomic E-state index is -1.25. The van der Waals surface area contributed by atoms with E-state index < -0.39 is 17.4 Å². The van der Waals surface area contributed by atoms with Crippen LogP contribution in [0.2, 0.25) is 0 Å². The molecule has 0 bridgehead atoms. The fourth-order valence-electron chi connectivity index (χ4n) is 1.83.